The van der Waals surface area contributed by atoms with E-state index in [1.54, 1.807) is 23.6 Å². The number of amides is 1. The standard InChI is InChI=1S/C13H14F3N3OS/c1-8(17)11(12(20)19-7-13(14,15)16)21-9(2)10-4-3-5-18-6-10/h3-6H,2,7,17H2,1H3,(H,19,20)/b11-8-. The van der Waals surface area contributed by atoms with Gasteiger partial charge in [-0.3, -0.25) is 9.78 Å². The molecule has 4 nitrogen and oxygen atoms in total. The highest BCUT2D eigenvalue weighted by atomic mass is 32.2. The van der Waals surface area contributed by atoms with Crippen LogP contribution in [0.2, 0.25) is 0 Å². The number of rotatable bonds is 5. The van der Waals surface area contributed by atoms with Crippen LogP contribution in [0.25, 0.3) is 4.91 Å². The number of hydrogen-bond donors (Lipinski definition) is 2. The van der Waals surface area contributed by atoms with Crippen LogP contribution in [0.4, 0.5) is 13.2 Å². The number of allylic oxidation sites excluding steroid dienone is 1. The Bertz CT molecular complexity index is 552. The summed E-state index contributed by atoms with van der Waals surface area (Å²) in [6, 6.07) is 3.41. The Morgan fingerprint density at radius 3 is 2.67 bits per heavy atom. The zero-order valence-electron chi connectivity index (χ0n) is 11.2. The van der Waals surface area contributed by atoms with Crippen molar-refractivity contribution >= 4 is 22.6 Å². The van der Waals surface area contributed by atoms with Crippen molar-refractivity contribution in [3.63, 3.8) is 0 Å². The van der Waals surface area contributed by atoms with Crippen LogP contribution >= 0.6 is 11.8 Å². The summed E-state index contributed by atoms with van der Waals surface area (Å²) in [6.45, 7) is 3.79. The van der Waals surface area contributed by atoms with Crippen molar-refractivity contribution in [2.45, 2.75) is 13.1 Å². The molecule has 0 radical (unpaired) electrons. The zero-order valence-corrected chi connectivity index (χ0v) is 12.0. The van der Waals surface area contributed by atoms with E-state index in [1.165, 1.54) is 13.1 Å². The van der Waals surface area contributed by atoms with Crippen LogP contribution in [0.5, 0.6) is 0 Å². The highest BCUT2D eigenvalue weighted by Crippen LogP contribution is 2.32. The Morgan fingerprint density at radius 1 is 1.52 bits per heavy atom. The molecule has 0 saturated heterocycles. The monoisotopic (exact) mass is 317 g/mol. The van der Waals surface area contributed by atoms with Crippen molar-refractivity contribution < 1.29 is 18.0 Å². The summed E-state index contributed by atoms with van der Waals surface area (Å²) in [5.41, 5.74) is 6.34. The largest absolute Gasteiger partial charge is 0.405 e. The van der Waals surface area contributed by atoms with Gasteiger partial charge in [0.15, 0.2) is 0 Å². The van der Waals surface area contributed by atoms with E-state index in [4.69, 9.17) is 5.73 Å². The van der Waals surface area contributed by atoms with Crippen LogP contribution < -0.4 is 11.1 Å². The lowest BCUT2D eigenvalue weighted by Crippen LogP contribution is -2.34. The fourth-order valence-corrected chi connectivity index (χ4v) is 2.09. The Kier molecular flexibility index (Phi) is 5.83. The van der Waals surface area contributed by atoms with Gasteiger partial charge in [-0.05, 0) is 13.0 Å². The number of nitrogens with one attached hydrogen (secondary N) is 1. The second-order valence-electron chi connectivity index (χ2n) is 4.08. The third kappa shape index (κ3) is 5.90. The van der Waals surface area contributed by atoms with E-state index in [2.05, 4.69) is 11.6 Å². The molecule has 3 N–H and O–H groups in total. The van der Waals surface area contributed by atoms with Gasteiger partial charge < -0.3 is 11.1 Å². The molecule has 1 heterocycles. The second-order valence-corrected chi connectivity index (χ2v) is 5.18. The molecule has 114 valence electrons. The number of hydrogen-bond acceptors (Lipinski definition) is 4. The van der Waals surface area contributed by atoms with Crippen LogP contribution in [0.15, 0.2) is 41.7 Å². The smallest absolute Gasteiger partial charge is 0.401 e. The van der Waals surface area contributed by atoms with Gasteiger partial charge in [0.2, 0.25) is 0 Å². The highest BCUT2D eigenvalue weighted by Gasteiger charge is 2.28. The third-order valence-electron chi connectivity index (χ3n) is 2.22. The molecule has 21 heavy (non-hydrogen) atoms. The Balaban J connectivity index is 2.78. The van der Waals surface area contributed by atoms with Crippen LogP contribution in [0, 0.1) is 0 Å². The van der Waals surface area contributed by atoms with Crippen molar-refractivity contribution in [2.75, 3.05) is 6.54 Å². The van der Waals surface area contributed by atoms with Gasteiger partial charge in [-0.25, -0.2) is 0 Å². The van der Waals surface area contributed by atoms with Crippen molar-refractivity contribution in [2.24, 2.45) is 5.73 Å². The van der Waals surface area contributed by atoms with Gasteiger partial charge in [-0.2, -0.15) is 13.2 Å². The molecule has 1 aromatic heterocycles. The number of pyridine rings is 1. The summed E-state index contributed by atoms with van der Waals surface area (Å²) in [6.07, 6.45) is -1.37. The molecule has 1 aromatic rings. The maximum atomic E-state index is 12.1. The Hall–Kier alpha value is -1.96. The molecule has 0 aliphatic heterocycles. The van der Waals surface area contributed by atoms with Gasteiger partial charge in [0.05, 0.1) is 4.91 Å². The molecule has 0 aliphatic rings. The van der Waals surface area contributed by atoms with Crippen molar-refractivity contribution in [3.05, 3.63) is 47.3 Å². The Labute approximate surface area is 124 Å². The summed E-state index contributed by atoms with van der Waals surface area (Å²) in [7, 11) is 0. The highest BCUT2D eigenvalue weighted by molar-refractivity contribution is 8.12. The van der Waals surface area contributed by atoms with Gasteiger partial charge >= 0.3 is 6.18 Å². The summed E-state index contributed by atoms with van der Waals surface area (Å²) in [5, 5.41) is 1.78. The number of halogens is 3. The van der Waals surface area contributed by atoms with Crippen molar-refractivity contribution in [3.8, 4) is 0 Å². The van der Waals surface area contributed by atoms with Gasteiger partial charge in [-0.1, -0.05) is 24.4 Å². The normalized spacial score (nSPS) is 12.6. The zero-order chi connectivity index (χ0) is 16.0. The summed E-state index contributed by atoms with van der Waals surface area (Å²) < 4.78 is 36.3. The molecule has 0 bridgehead atoms. The quantitative estimate of drug-likeness (QED) is 0.819. The first-order valence-corrected chi connectivity index (χ1v) is 6.61. The van der Waals surface area contributed by atoms with Crippen molar-refractivity contribution in [1.82, 2.24) is 10.3 Å². The molecular formula is C13H14F3N3OS. The first kappa shape index (κ1) is 17.1. The lowest BCUT2D eigenvalue weighted by atomic mass is 10.3. The minimum absolute atomic E-state index is 0.0203. The molecular weight excluding hydrogens is 303 g/mol. The molecule has 0 spiro atoms. The molecule has 8 heteroatoms. The van der Waals surface area contributed by atoms with Crippen LogP contribution in [-0.4, -0.2) is 23.6 Å². The van der Waals surface area contributed by atoms with Gasteiger partial charge in [0, 0.05) is 28.6 Å². The minimum atomic E-state index is -4.48. The van der Waals surface area contributed by atoms with E-state index >= 15 is 0 Å². The van der Waals surface area contributed by atoms with Gasteiger partial charge in [0.1, 0.15) is 6.54 Å². The average Bonchev–Trinajstić information content (AvgIpc) is 2.41. The first-order chi connectivity index (χ1) is 9.70. The number of aromatic nitrogens is 1. The predicted octanol–water partition coefficient (Wildman–Crippen LogP) is 2.65. The molecule has 0 unspecified atom stereocenters. The second kappa shape index (κ2) is 7.16. The lowest BCUT2D eigenvalue weighted by molar-refractivity contribution is -0.136. The number of nitrogens with zero attached hydrogens (tertiary/aromatic N) is 1. The van der Waals surface area contributed by atoms with Gasteiger partial charge in [-0.15, -0.1) is 0 Å². The van der Waals surface area contributed by atoms with Gasteiger partial charge in [0.25, 0.3) is 5.91 Å². The summed E-state index contributed by atoms with van der Waals surface area (Å²) in [4.78, 5) is 16.1. The van der Waals surface area contributed by atoms with E-state index in [1.807, 2.05) is 0 Å². The first-order valence-electron chi connectivity index (χ1n) is 5.79. The number of nitrogens with two attached hydrogens (primary N) is 1. The SMILES string of the molecule is C=C(S/C(C(=O)NCC(F)(F)F)=C(/C)N)c1cccnc1. The predicted molar refractivity (Wildman–Crippen MR) is 76.8 cm³/mol. The number of alkyl halides is 3. The average molecular weight is 317 g/mol. The summed E-state index contributed by atoms with van der Waals surface area (Å²) >= 11 is 0.905. The van der Waals surface area contributed by atoms with E-state index in [-0.39, 0.29) is 10.6 Å². The minimum Gasteiger partial charge on any atom is -0.401 e. The number of thioether (sulfide) groups is 1. The molecule has 0 fully saturated rings. The third-order valence-corrected chi connectivity index (χ3v) is 3.42. The maximum Gasteiger partial charge on any atom is 0.405 e. The van der Waals surface area contributed by atoms with E-state index in [9.17, 15) is 18.0 Å². The van der Waals surface area contributed by atoms with E-state index < -0.39 is 18.6 Å². The number of carbonyl (C=O) groups is 1. The molecule has 0 aliphatic carbocycles. The van der Waals surface area contributed by atoms with Crippen LogP contribution in [-0.2, 0) is 4.79 Å². The van der Waals surface area contributed by atoms with Crippen LogP contribution in [0.1, 0.15) is 12.5 Å². The maximum absolute atomic E-state index is 12.1. The topological polar surface area (TPSA) is 68.0 Å². The molecule has 1 amide bonds. The Morgan fingerprint density at radius 2 is 2.19 bits per heavy atom. The van der Waals surface area contributed by atoms with Crippen LogP contribution in [0.3, 0.4) is 0 Å². The molecule has 0 saturated carbocycles. The molecule has 0 aromatic carbocycles. The fraction of sp³-hybridized carbons (Fsp3) is 0.231. The summed E-state index contributed by atoms with van der Waals surface area (Å²) in [5.74, 6) is -0.887. The van der Waals surface area contributed by atoms with Crippen molar-refractivity contribution in [1.29, 1.82) is 0 Å². The molecule has 1 rings (SSSR count). The fourth-order valence-electron chi connectivity index (χ4n) is 1.28. The lowest BCUT2D eigenvalue weighted by Gasteiger charge is -2.13. The van der Waals surface area contributed by atoms with E-state index in [0.29, 0.717) is 10.5 Å². The van der Waals surface area contributed by atoms with E-state index in [0.717, 1.165) is 11.8 Å². The number of carbonyl (C=O) groups excluding carboxylic acids is 1. The molecule has 0 atom stereocenters.